The molecule has 0 fully saturated rings. The highest BCUT2D eigenvalue weighted by Crippen LogP contribution is 2.28. The molecule has 0 unspecified atom stereocenters. The molecule has 0 bridgehead atoms. The Morgan fingerprint density at radius 3 is 2.25 bits per heavy atom. The number of aryl methyl sites for hydroxylation is 1. The van der Waals surface area contributed by atoms with Crippen LogP contribution in [0, 0.1) is 0 Å². The van der Waals surface area contributed by atoms with Crippen molar-refractivity contribution in [2.45, 2.75) is 13.0 Å². The van der Waals surface area contributed by atoms with Gasteiger partial charge in [-0.05, 0) is 24.3 Å². The van der Waals surface area contributed by atoms with Crippen LogP contribution in [-0.2, 0) is 11.3 Å². The number of aromatic hydroxyl groups is 2. The number of amides is 1. The predicted molar refractivity (Wildman–Crippen MR) is 110 cm³/mol. The van der Waals surface area contributed by atoms with Crippen LogP contribution in [0.15, 0.2) is 71.8 Å². The Hall–Kier alpha value is -3.80. The van der Waals surface area contributed by atoms with E-state index in [2.05, 4.69) is 39.4 Å². The lowest BCUT2D eigenvalue weighted by molar-refractivity contribution is -0.121. The minimum absolute atomic E-state index is 0.0372. The number of nitrogens with zero attached hydrogens (tertiary/aromatic N) is 2. The minimum atomic E-state index is -0.226. The van der Waals surface area contributed by atoms with Crippen molar-refractivity contribution in [3.05, 3.63) is 72.3 Å². The standard InChI is InChI=1S/C22H19N3O3/c26-16-10-9-15(21(27)13-16)14-23-24-22(28)11-12-25-19-7-3-1-5-17(19)18-6-2-4-8-20(18)25/h1-10,13-14,26-27H,11-12H2,(H,24,28)/b23-14+. The topological polar surface area (TPSA) is 86.9 Å². The number of aromatic nitrogens is 1. The van der Waals surface area contributed by atoms with Crippen molar-refractivity contribution in [1.29, 1.82) is 0 Å². The second kappa shape index (κ2) is 7.44. The highest BCUT2D eigenvalue weighted by atomic mass is 16.3. The molecule has 140 valence electrons. The minimum Gasteiger partial charge on any atom is -0.508 e. The molecule has 0 spiro atoms. The van der Waals surface area contributed by atoms with Gasteiger partial charge in [0, 0.05) is 46.4 Å². The normalized spacial score (nSPS) is 11.4. The molecule has 0 aliphatic heterocycles. The van der Waals surface area contributed by atoms with Crippen molar-refractivity contribution in [2.75, 3.05) is 0 Å². The van der Waals surface area contributed by atoms with Crippen molar-refractivity contribution < 1.29 is 15.0 Å². The predicted octanol–water partition coefficient (Wildman–Crippen LogP) is 3.75. The van der Waals surface area contributed by atoms with Crippen molar-refractivity contribution in [2.24, 2.45) is 5.10 Å². The van der Waals surface area contributed by atoms with Gasteiger partial charge in [-0.25, -0.2) is 5.43 Å². The number of hydrogen-bond donors (Lipinski definition) is 3. The molecule has 0 atom stereocenters. The monoisotopic (exact) mass is 373 g/mol. The average molecular weight is 373 g/mol. The first kappa shape index (κ1) is 17.6. The summed E-state index contributed by atoms with van der Waals surface area (Å²) in [6.07, 6.45) is 1.61. The van der Waals surface area contributed by atoms with Gasteiger partial charge in [-0.15, -0.1) is 0 Å². The van der Waals surface area contributed by atoms with E-state index in [0.717, 1.165) is 11.0 Å². The van der Waals surface area contributed by atoms with Crippen molar-refractivity contribution in [3.8, 4) is 11.5 Å². The van der Waals surface area contributed by atoms with Gasteiger partial charge >= 0.3 is 0 Å². The van der Waals surface area contributed by atoms with Crippen molar-refractivity contribution in [3.63, 3.8) is 0 Å². The summed E-state index contributed by atoms with van der Waals surface area (Å²) in [6, 6.07) is 20.5. The van der Waals surface area contributed by atoms with E-state index in [4.69, 9.17) is 0 Å². The van der Waals surface area contributed by atoms with E-state index in [9.17, 15) is 15.0 Å². The van der Waals surface area contributed by atoms with Gasteiger partial charge in [0.1, 0.15) is 11.5 Å². The molecule has 0 aliphatic rings. The van der Waals surface area contributed by atoms with Gasteiger partial charge in [-0.1, -0.05) is 36.4 Å². The van der Waals surface area contributed by atoms with E-state index in [-0.39, 0.29) is 23.8 Å². The Morgan fingerprint density at radius 1 is 0.964 bits per heavy atom. The third-order valence-corrected chi connectivity index (χ3v) is 4.65. The third kappa shape index (κ3) is 3.40. The van der Waals surface area contributed by atoms with Crippen LogP contribution in [0.3, 0.4) is 0 Å². The molecular formula is C22H19N3O3. The number of benzene rings is 3. The molecule has 0 saturated heterocycles. The largest absolute Gasteiger partial charge is 0.508 e. The quantitative estimate of drug-likeness (QED) is 0.368. The number of fused-ring (bicyclic) bond motifs is 3. The summed E-state index contributed by atoms with van der Waals surface area (Å²) < 4.78 is 2.14. The van der Waals surface area contributed by atoms with E-state index in [1.807, 2.05) is 24.3 Å². The lowest BCUT2D eigenvalue weighted by Gasteiger charge is -2.06. The number of hydrazone groups is 1. The first-order chi connectivity index (χ1) is 13.6. The maximum Gasteiger partial charge on any atom is 0.241 e. The van der Waals surface area contributed by atoms with Crippen LogP contribution in [0.2, 0.25) is 0 Å². The van der Waals surface area contributed by atoms with Crippen LogP contribution < -0.4 is 5.43 Å². The fraction of sp³-hybridized carbons (Fsp3) is 0.0909. The van der Waals surface area contributed by atoms with Crippen molar-refractivity contribution >= 4 is 33.9 Å². The van der Waals surface area contributed by atoms with Crippen LogP contribution >= 0.6 is 0 Å². The summed E-state index contributed by atoms with van der Waals surface area (Å²) in [6.45, 7) is 0.528. The molecule has 6 heteroatoms. The molecule has 3 aromatic carbocycles. The zero-order chi connectivity index (χ0) is 19.5. The van der Waals surface area contributed by atoms with Crippen molar-refractivity contribution in [1.82, 2.24) is 9.99 Å². The molecular weight excluding hydrogens is 354 g/mol. The number of nitrogens with one attached hydrogen (secondary N) is 1. The Balaban J connectivity index is 1.47. The molecule has 28 heavy (non-hydrogen) atoms. The van der Waals surface area contributed by atoms with Gasteiger partial charge in [0.2, 0.25) is 5.91 Å². The Kier molecular flexibility index (Phi) is 4.68. The Bertz CT molecular complexity index is 1140. The molecule has 4 rings (SSSR count). The Labute approximate surface area is 161 Å². The van der Waals surface area contributed by atoms with Crippen LogP contribution in [0.1, 0.15) is 12.0 Å². The van der Waals surface area contributed by atoms with E-state index < -0.39 is 0 Å². The van der Waals surface area contributed by atoms with Crippen LogP contribution in [-0.4, -0.2) is 26.9 Å². The number of carbonyl (C=O) groups is 1. The van der Waals surface area contributed by atoms with Gasteiger partial charge in [-0.3, -0.25) is 4.79 Å². The molecule has 1 heterocycles. The number of rotatable bonds is 5. The van der Waals surface area contributed by atoms with Gasteiger partial charge in [0.05, 0.1) is 6.21 Å². The number of carbonyl (C=O) groups excluding carboxylic acids is 1. The lowest BCUT2D eigenvalue weighted by atomic mass is 10.2. The summed E-state index contributed by atoms with van der Waals surface area (Å²) in [7, 11) is 0. The first-order valence-electron chi connectivity index (χ1n) is 8.93. The molecule has 0 aliphatic carbocycles. The fourth-order valence-electron chi connectivity index (χ4n) is 3.33. The number of para-hydroxylation sites is 2. The van der Waals surface area contributed by atoms with Crippen LogP contribution in [0.4, 0.5) is 0 Å². The van der Waals surface area contributed by atoms with E-state index in [0.29, 0.717) is 12.1 Å². The van der Waals surface area contributed by atoms with Gasteiger partial charge in [0.25, 0.3) is 0 Å². The third-order valence-electron chi connectivity index (χ3n) is 4.65. The zero-order valence-electron chi connectivity index (χ0n) is 15.0. The molecule has 1 amide bonds. The second-order valence-corrected chi connectivity index (χ2v) is 6.47. The summed E-state index contributed by atoms with van der Waals surface area (Å²) in [5, 5.41) is 25.2. The first-order valence-corrected chi connectivity index (χ1v) is 8.93. The summed E-state index contributed by atoms with van der Waals surface area (Å²) in [4.78, 5) is 12.2. The summed E-state index contributed by atoms with van der Waals surface area (Å²) in [5.74, 6) is -0.371. The summed E-state index contributed by atoms with van der Waals surface area (Å²) in [5.41, 5.74) is 5.06. The average Bonchev–Trinajstić information content (AvgIpc) is 3.02. The van der Waals surface area contributed by atoms with Crippen LogP contribution in [0.5, 0.6) is 11.5 Å². The zero-order valence-corrected chi connectivity index (χ0v) is 15.0. The van der Waals surface area contributed by atoms with E-state index in [1.54, 1.807) is 0 Å². The molecule has 1 aromatic heterocycles. The lowest BCUT2D eigenvalue weighted by Crippen LogP contribution is -2.19. The SMILES string of the molecule is O=C(CCn1c2ccccc2c2ccccc21)N/N=C/c1ccc(O)cc1O. The highest BCUT2D eigenvalue weighted by Gasteiger charge is 2.10. The molecule has 0 radical (unpaired) electrons. The number of phenols is 2. The van der Waals surface area contributed by atoms with E-state index >= 15 is 0 Å². The second-order valence-electron chi connectivity index (χ2n) is 6.47. The smallest absolute Gasteiger partial charge is 0.241 e. The molecule has 4 aromatic rings. The van der Waals surface area contributed by atoms with E-state index in [1.165, 1.54) is 35.2 Å². The molecule has 6 nitrogen and oxygen atoms in total. The number of phenolic OH excluding ortho intramolecular Hbond substituents is 2. The Morgan fingerprint density at radius 2 is 1.61 bits per heavy atom. The highest BCUT2D eigenvalue weighted by molar-refractivity contribution is 6.08. The van der Waals surface area contributed by atoms with Crippen LogP contribution in [0.25, 0.3) is 21.8 Å². The fourth-order valence-corrected chi connectivity index (χ4v) is 3.33. The van der Waals surface area contributed by atoms with Gasteiger partial charge < -0.3 is 14.8 Å². The maximum atomic E-state index is 12.2. The van der Waals surface area contributed by atoms with Gasteiger partial charge in [-0.2, -0.15) is 5.10 Å². The molecule has 3 N–H and O–H groups in total. The summed E-state index contributed by atoms with van der Waals surface area (Å²) >= 11 is 0. The number of hydrogen-bond acceptors (Lipinski definition) is 4. The maximum absolute atomic E-state index is 12.2. The van der Waals surface area contributed by atoms with Gasteiger partial charge in [0.15, 0.2) is 0 Å². The molecule has 0 saturated carbocycles.